The summed E-state index contributed by atoms with van der Waals surface area (Å²) in [5, 5.41) is 4.36. The summed E-state index contributed by atoms with van der Waals surface area (Å²) in [5.41, 5.74) is 6.36. The van der Waals surface area contributed by atoms with Crippen LogP contribution in [0.25, 0.3) is 11.1 Å². The quantitative estimate of drug-likeness (QED) is 0.754. The maximum atomic E-state index is 12.5. The van der Waals surface area contributed by atoms with Crippen LogP contribution in [0.4, 0.5) is 0 Å². The molecule has 27 heavy (non-hydrogen) atoms. The maximum Gasteiger partial charge on any atom is 0.268 e. The Hall–Kier alpha value is -3.44. The van der Waals surface area contributed by atoms with E-state index in [0.29, 0.717) is 17.7 Å². The van der Waals surface area contributed by atoms with Crippen LogP contribution in [0, 0.1) is 0 Å². The molecule has 0 radical (unpaired) electrons. The second-order valence-corrected chi connectivity index (χ2v) is 6.38. The summed E-state index contributed by atoms with van der Waals surface area (Å²) in [6, 6.07) is 26.6. The molecule has 134 valence electrons. The lowest BCUT2D eigenvalue weighted by Crippen LogP contribution is -2.69. The van der Waals surface area contributed by atoms with Crippen LogP contribution in [-0.2, 0) is 0 Å². The van der Waals surface area contributed by atoms with Gasteiger partial charge in [-0.2, -0.15) is 0 Å². The lowest BCUT2D eigenvalue weighted by atomic mass is 10.0. The van der Waals surface area contributed by atoms with Gasteiger partial charge < -0.3 is 5.32 Å². The van der Waals surface area contributed by atoms with E-state index in [1.807, 2.05) is 72.8 Å². The van der Waals surface area contributed by atoms with Crippen molar-refractivity contribution < 1.29 is 9.59 Å². The first-order valence-corrected chi connectivity index (χ1v) is 8.80. The summed E-state index contributed by atoms with van der Waals surface area (Å²) in [7, 11) is 0. The number of nitrogens with zero attached hydrogens (tertiary/aromatic N) is 1. The number of amides is 2. The van der Waals surface area contributed by atoms with Crippen molar-refractivity contribution in [3.63, 3.8) is 0 Å². The fourth-order valence-electron chi connectivity index (χ4n) is 2.99. The Labute approximate surface area is 157 Å². The number of hydrazine groups is 1. The number of carbonyl (C=O) groups is 2. The molecule has 1 heterocycles. The molecular formula is C22H19N3O2. The van der Waals surface area contributed by atoms with E-state index in [2.05, 4.69) is 10.7 Å². The zero-order valence-electron chi connectivity index (χ0n) is 14.6. The van der Waals surface area contributed by atoms with Crippen molar-refractivity contribution in [3.05, 3.63) is 96.1 Å². The first kappa shape index (κ1) is 17.0. The average molecular weight is 357 g/mol. The molecule has 0 spiro atoms. The van der Waals surface area contributed by atoms with Crippen molar-refractivity contribution in [2.24, 2.45) is 0 Å². The lowest BCUT2D eigenvalue weighted by molar-refractivity contribution is 0.0196. The van der Waals surface area contributed by atoms with Gasteiger partial charge >= 0.3 is 0 Å². The molecule has 1 fully saturated rings. The molecule has 4 rings (SSSR count). The topological polar surface area (TPSA) is 61.4 Å². The van der Waals surface area contributed by atoms with Crippen LogP contribution in [0.3, 0.4) is 0 Å². The minimum Gasteiger partial charge on any atom is -0.333 e. The van der Waals surface area contributed by atoms with Gasteiger partial charge in [-0.15, -0.1) is 0 Å². The van der Waals surface area contributed by atoms with E-state index < -0.39 is 0 Å². The van der Waals surface area contributed by atoms with Crippen molar-refractivity contribution in [1.82, 2.24) is 15.8 Å². The van der Waals surface area contributed by atoms with Gasteiger partial charge in [0.1, 0.15) is 6.17 Å². The van der Waals surface area contributed by atoms with Gasteiger partial charge in [-0.05, 0) is 35.4 Å². The van der Waals surface area contributed by atoms with E-state index in [1.54, 1.807) is 12.1 Å². The van der Waals surface area contributed by atoms with Gasteiger partial charge in [0.25, 0.3) is 11.8 Å². The molecule has 3 aromatic carbocycles. The summed E-state index contributed by atoms with van der Waals surface area (Å²) in [4.78, 5) is 24.6. The molecule has 2 amide bonds. The average Bonchev–Trinajstić information content (AvgIpc) is 2.71. The normalized spacial score (nSPS) is 15.7. The molecule has 0 aliphatic carbocycles. The fraction of sp³-hybridized carbons (Fsp3) is 0.0909. The van der Waals surface area contributed by atoms with Gasteiger partial charge in [-0.25, -0.2) is 5.43 Å². The second-order valence-electron chi connectivity index (χ2n) is 6.38. The van der Waals surface area contributed by atoms with Crippen molar-refractivity contribution in [3.8, 4) is 11.1 Å². The maximum absolute atomic E-state index is 12.5. The van der Waals surface area contributed by atoms with Gasteiger partial charge in [0, 0.05) is 11.1 Å². The minimum absolute atomic E-state index is 0.111. The summed E-state index contributed by atoms with van der Waals surface area (Å²) >= 11 is 0. The van der Waals surface area contributed by atoms with E-state index in [1.165, 1.54) is 5.01 Å². The van der Waals surface area contributed by atoms with Crippen molar-refractivity contribution in [2.75, 3.05) is 6.54 Å². The molecule has 1 unspecified atom stereocenters. The van der Waals surface area contributed by atoms with Crippen LogP contribution in [0.2, 0.25) is 0 Å². The monoisotopic (exact) mass is 357 g/mol. The van der Waals surface area contributed by atoms with Crippen LogP contribution in [0.5, 0.6) is 0 Å². The highest BCUT2D eigenvalue weighted by molar-refractivity contribution is 5.96. The van der Waals surface area contributed by atoms with Gasteiger partial charge in [0.2, 0.25) is 0 Å². The highest BCUT2D eigenvalue weighted by Crippen LogP contribution is 2.20. The van der Waals surface area contributed by atoms with Crippen LogP contribution in [0.1, 0.15) is 20.7 Å². The number of rotatable bonds is 4. The van der Waals surface area contributed by atoms with Crippen molar-refractivity contribution >= 4 is 11.8 Å². The fourth-order valence-corrected chi connectivity index (χ4v) is 2.99. The van der Waals surface area contributed by atoms with Crippen LogP contribution < -0.4 is 10.7 Å². The summed E-state index contributed by atoms with van der Waals surface area (Å²) < 4.78 is 0. The predicted molar refractivity (Wildman–Crippen MR) is 104 cm³/mol. The molecule has 5 nitrogen and oxygen atoms in total. The number of nitrogens with one attached hydrogen (secondary N) is 2. The second kappa shape index (κ2) is 7.43. The molecule has 0 bridgehead atoms. The minimum atomic E-state index is -0.245. The summed E-state index contributed by atoms with van der Waals surface area (Å²) in [6.07, 6.45) is -0.245. The first-order chi connectivity index (χ1) is 13.2. The molecule has 3 aromatic rings. The summed E-state index contributed by atoms with van der Waals surface area (Å²) in [5.74, 6) is -0.271. The molecule has 1 atom stereocenters. The van der Waals surface area contributed by atoms with Crippen molar-refractivity contribution in [1.29, 1.82) is 0 Å². The highest BCUT2D eigenvalue weighted by atomic mass is 16.2. The smallest absolute Gasteiger partial charge is 0.268 e. The van der Waals surface area contributed by atoms with Crippen LogP contribution in [-0.4, -0.2) is 29.5 Å². The third-order valence-corrected chi connectivity index (χ3v) is 4.50. The van der Waals surface area contributed by atoms with E-state index in [9.17, 15) is 9.59 Å². The number of hydrogen-bond donors (Lipinski definition) is 2. The predicted octanol–water partition coefficient (Wildman–Crippen LogP) is 3.07. The van der Waals surface area contributed by atoms with Crippen molar-refractivity contribution in [2.45, 2.75) is 6.17 Å². The Balaban J connectivity index is 1.33. The van der Waals surface area contributed by atoms with E-state index in [0.717, 1.165) is 11.1 Å². The lowest BCUT2D eigenvalue weighted by Gasteiger charge is -2.40. The molecule has 2 N–H and O–H groups in total. The summed E-state index contributed by atoms with van der Waals surface area (Å²) in [6.45, 7) is 0.428. The van der Waals surface area contributed by atoms with Gasteiger partial charge in [-0.3, -0.25) is 14.6 Å². The molecule has 1 saturated heterocycles. The Kier molecular flexibility index (Phi) is 4.68. The van der Waals surface area contributed by atoms with Gasteiger partial charge in [0.15, 0.2) is 0 Å². The third kappa shape index (κ3) is 3.73. The molecule has 0 saturated carbocycles. The highest BCUT2D eigenvalue weighted by Gasteiger charge is 2.31. The Morgan fingerprint density at radius 2 is 1.33 bits per heavy atom. The largest absolute Gasteiger partial charge is 0.333 e. The zero-order chi connectivity index (χ0) is 18.6. The van der Waals surface area contributed by atoms with E-state index in [-0.39, 0.29) is 18.0 Å². The molecular weight excluding hydrogens is 338 g/mol. The number of carbonyl (C=O) groups excluding carboxylic acids is 2. The first-order valence-electron chi connectivity index (χ1n) is 8.80. The third-order valence-electron chi connectivity index (χ3n) is 4.50. The molecule has 0 aromatic heterocycles. The van der Waals surface area contributed by atoms with Crippen LogP contribution in [0.15, 0.2) is 84.9 Å². The van der Waals surface area contributed by atoms with Gasteiger partial charge in [-0.1, -0.05) is 60.7 Å². The number of benzene rings is 3. The molecule has 1 aliphatic rings. The van der Waals surface area contributed by atoms with E-state index in [4.69, 9.17) is 0 Å². The molecule has 1 aliphatic heterocycles. The Morgan fingerprint density at radius 1 is 0.778 bits per heavy atom. The van der Waals surface area contributed by atoms with E-state index >= 15 is 0 Å². The Bertz CT molecular complexity index is 934. The van der Waals surface area contributed by atoms with Crippen LogP contribution >= 0.6 is 0 Å². The SMILES string of the molecule is O=C(NC1CN(C(=O)c2ccc(-c3ccccc3)cc2)N1)c1ccccc1. The standard InChI is InChI=1S/C22H19N3O2/c26-21(18-9-5-2-6-10-18)23-20-15-25(24-20)22(27)19-13-11-17(12-14-19)16-7-3-1-4-8-16/h1-14,20,24H,15H2,(H,23,26). The zero-order valence-corrected chi connectivity index (χ0v) is 14.6. The molecule has 5 heteroatoms. The number of hydrogen-bond acceptors (Lipinski definition) is 3. The Morgan fingerprint density at radius 3 is 1.96 bits per heavy atom. The van der Waals surface area contributed by atoms with Gasteiger partial charge in [0.05, 0.1) is 6.54 Å².